The summed E-state index contributed by atoms with van der Waals surface area (Å²) in [6.07, 6.45) is 0.379. The van der Waals surface area contributed by atoms with Gasteiger partial charge in [0, 0.05) is 12.6 Å². The van der Waals surface area contributed by atoms with Gasteiger partial charge < -0.3 is 9.84 Å². The Morgan fingerprint density at radius 3 is 2.55 bits per heavy atom. The number of hydrogen-bond acceptors (Lipinski definition) is 4. The molecule has 0 aliphatic carbocycles. The van der Waals surface area contributed by atoms with Crippen molar-refractivity contribution in [2.45, 2.75) is 25.2 Å². The van der Waals surface area contributed by atoms with Crippen LogP contribution in [0.5, 0.6) is 5.75 Å². The molecule has 0 fully saturated rings. The van der Waals surface area contributed by atoms with Crippen molar-refractivity contribution in [3.8, 4) is 5.75 Å². The molecule has 0 bridgehead atoms. The zero-order valence-corrected chi connectivity index (χ0v) is 14.2. The van der Waals surface area contributed by atoms with Gasteiger partial charge in [0.05, 0.1) is 18.1 Å². The van der Waals surface area contributed by atoms with Crippen LogP contribution >= 0.6 is 11.6 Å². The van der Waals surface area contributed by atoms with Gasteiger partial charge >= 0.3 is 5.97 Å². The summed E-state index contributed by atoms with van der Waals surface area (Å²) in [7, 11) is -2.50. The lowest BCUT2D eigenvalue weighted by Crippen LogP contribution is -2.33. The maximum absolute atomic E-state index is 12.3. The molecule has 0 saturated carbocycles. The Hall–Kier alpha value is -1.31. The normalized spacial score (nSPS) is 13.1. The summed E-state index contributed by atoms with van der Waals surface area (Å²) in [5.41, 5.74) is 0. The SMILES string of the molecule is COc1ccc(Cl)c(S(=O)(=O)NCC(CC(C)C)C(=O)O)c1. The lowest BCUT2D eigenvalue weighted by molar-refractivity contribution is -0.142. The van der Waals surface area contributed by atoms with Crippen LogP contribution in [0.1, 0.15) is 20.3 Å². The third-order valence-electron chi connectivity index (χ3n) is 3.05. The molecule has 124 valence electrons. The second-order valence-corrected chi connectivity index (χ2v) is 7.46. The highest BCUT2D eigenvalue weighted by molar-refractivity contribution is 7.89. The third kappa shape index (κ3) is 5.15. The molecular formula is C14H20ClNO5S. The van der Waals surface area contributed by atoms with Crippen molar-refractivity contribution in [3.63, 3.8) is 0 Å². The average molecular weight is 350 g/mol. The van der Waals surface area contributed by atoms with Crippen LogP contribution in [0.25, 0.3) is 0 Å². The zero-order chi connectivity index (χ0) is 16.9. The number of hydrogen-bond donors (Lipinski definition) is 2. The van der Waals surface area contributed by atoms with E-state index in [1.165, 1.54) is 19.2 Å². The van der Waals surface area contributed by atoms with Gasteiger partial charge in [-0.3, -0.25) is 4.79 Å². The molecule has 1 unspecified atom stereocenters. The Morgan fingerprint density at radius 2 is 2.05 bits per heavy atom. The number of aliphatic carboxylic acids is 1. The quantitative estimate of drug-likeness (QED) is 0.751. The number of sulfonamides is 1. The van der Waals surface area contributed by atoms with Crippen LogP contribution in [0.4, 0.5) is 0 Å². The van der Waals surface area contributed by atoms with Crippen LogP contribution < -0.4 is 9.46 Å². The molecule has 1 aromatic rings. The predicted octanol–water partition coefficient (Wildman–Crippen LogP) is 2.37. The number of carboxylic acids is 1. The monoisotopic (exact) mass is 349 g/mol. The Balaban J connectivity index is 2.93. The van der Waals surface area contributed by atoms with E-state index in [-0.39, 0.29) is 22.4 Å². The largest absolute Gasteiger partial charge is 0.497 e. The minimum absolute atomic E-state index is 0.0454. The predicted molar refractivity (Wildman–Crippen MR) is 83.8 cm³/mol. The Morgan fingerprint density at radius 1 is 1.41 bits per heavy atom. The smallest absolute Gasteiger partial charge is 0.307 e. The van der Waals surface area contributed by atoms with E-state index in [0.717, 1.165) is 0 Å². The average Bonchev–Trinajstić information content (AvgIpc) is 2.43. The molecule has 0 radical (unpaired) electrons. The molecule has 0 aliphatic rings. The summed E-state index contributed by atoms with van der Waals surface area (Å²) < 4.78 is 31.9. The maximum Gasteiger partial charge on any atom is 0.307 e. The molecule has 6 nitrogen and oxygen atoms in total. The van der Waals surface area contributed by atoms with Gasteiger partial charge in [-0.05, 0) is 24.5 Å². The Labute approximate surface area is 135 Å². The number of rotatable bonds is 8. The molecule has 1 aromatic carbocycles. The van der Waals surface area contributed by atoms with Crippen LogP contribution in [0.3, 0.4) is 0 Å². The highest BCUT2D eigenvalue weighted by Crippen LogP contribution is 2.26. The van der Waals surface area contributed by atoms with Crippen molar-refractivity contribution in [2.75, 3.05) is 13.7 Å². The van der Waals surface area contributed by atoms with E-state index in [4.69, 9.17) is 21.4 Å². The van der Waals surface area contributed by atoms with Gasteiger partial charge in [0.25, 0.3) is 0 Å². The van der Waals surface area contributed by atoms with Crippen molar-refractivity contribution in [1.82, 2.24) is 4.72 Å². The topological polar surface area (TPSA) is 92.7 Å². The lowest BCUT2D eigenvalue weighted by atomic mass is 9.98. The Bertz CT molecular complexity index is 630. The number of ether oxygens (including phenoxy) is 1. The fraction of sp³-hybridized carbons (Fsp3) is 0.500. The summed E-state index contributed by atoms with van der Waals surface area (Å²) in [6, 6.07) is 4.25. The first-order valence-electron chi connectivity index (χ1n) is 6.73. The lowest BCUT2D eigenvalue weighted by Gasteiger charge is -2.16. The first kappa shape index (κ1) is 18.7. The number of carbonyl (C=O) groups is 1. The zero-order valence-electron chi connectivity index (χ0n) is 12.7. The first-order valence-corrected chi connectivity index (χ1v) is 8.59. The van der Waals surface area contributed by atoms with E-state index in [9.17, 15) is 13.2 Å². The minimum Gasteiger partial charge on any atom is -0.497 e. The van der Waals surface area contributed by atoms with Crippen molar-refractivity contribution in [3.05, 3.63) is 23.2 Å². The Kier molecular flexibility index (Phi) is 6.65. The molecule has 0 spiro atoms. The molecule has 22 heavy (non-hydrogen) atoms. The van der Waals surface area contributed by atoms with Gasteiger partial charge in [-0.15, -0.1) is 0 Å². The van der Waals surface area contributed by atoms with Crippen LogP contribution in [0.2, 0.25) is 5.02 Å². The summed E-state index contributed by atoms with van der Waals surface area (Å²) in [5.74, 6) is -1.33. The van der Waals surface area contributed by atoms with Crippen LogP contribution in [0.15, 0.2) is 23.1 Å². The number of benzene rings is 1. The van der Waals surface area contributed by atoms with Crippen molar-refractivity contribution in [1.29, 1.82) is 0 Å². The molecule has 0 heterocycles. The first-order chi connectivity index (χ1) is 10.2. The summed E-state index contributed by atoms with van der Waals surface area (Å²) in [4.78, 5) is 11.0. The highest BCUT2D eigenvalue weighted by atomic mass is 35.5. The number of carboxylic acid groups (broad SMARTS) is 1. The van der Waals surface area contributed by atoms with Gasteiger partial charge in [-0.1, -0.05) is 25.4 Å². The van der Waals surface area contributed by atoms with E-state index in [0.29, 0.717) is 12.2 Å². The second-order valence-electron chi connectivity index (χ2n) is 5.31. The number of methoxy groups -OCH3 is 1. The molecule has 1 atom stereocenters. The molecule has 0 saturated heterocycles. The van der Waals surface area contributed by atoms with Gasteiger partial charge in [0.2, 0.25) is 10.0 Å². The fourth-order valence-corrected chi connectivity index (χ4v) is 3.54. The van der Waals surface area contributed by atoms with Gasteiger partial charge in [0.15, 0.2) is 0 Å². The van der Waals surface area contributed by atoms with Crippen LogP contribution in [-0.2, 0) is 14.8 Å². The maximum atomic E-state index is 12.3. The highest BCUT2D eigenvalue weighted by Gasteiger charge is 2.24. The van der Waals surface area contributed by atoms with Crippen LogP contribution in [0, 0.1) is 11.8 Å². The summed E-state index contributed by atoms with van der Waals surface area (Å²) >= 11 is 5.91. The number of halogens is 1. The van der Waals surface area contributed by atoms with Crippen molar-refractivity contribution < 1.29 is 23.1 Å². The van der Waals surface area contributed by atoms with Crippen molar-refractivity contribution in [2.24, 2.45) is 11.8 Å². The molecule has 2 N–H and O–H groups in total. The van der Waals surface area contributed by atoms with Gasteiger partial charge in [-0.25, -0.2) is 13.1 Å². The van der Waals surface area contributed by atoms with Crippen LogP contribution in [-0.4, -0.2) is 33.1 Å². The molecule has 0 aromatic heterocycles. The van der Waals surface area contributed by atoms with E-state index in [1.54, 1.807) is 6.07 Å². The standard InChI is InChI=1S/C14H20ClNO5S/c1-9(2)6-10(14(17)18)8-16-22(19,20)13-7-11(21-3)4-5-12(13)15/h4-5,7,9-10,16H,6,8H2,1-3H3,(H,17,18). The van der Waals surface area contributed by atoms with Gasteiger partial charge in [0.1, 0.15) is 10.6 Å². The minimum atomic E-state index is -3.91. The fourth-order valence-electron chi connectivity index (χ4n) is 1.95. The van der Waals surface area contributed by atoms with E-state index in [2.05, 4.69) is 4.72 Å². The molecule has 8 heteroatoms. The van der Waals surface area contributed by atoms with Gasteiger partial charge in [-0.2, -0.15) is 0 Å². The summed E-state index contributed by atoms with van der Waals surface area (Å²) in [5, 5.41) is 9.19. The summed E-state index contributed by atoms with van der Waals surface area (Å²) in [6.45, 7) is 3.57. The van der Waals surface area contributed by atoms with Crippen molar-refractivity contribution >= 4 is 27.6 Å². The second kappa shape index (κ2) is 7.80. The molecular weight excluding hydrogens is 330 g/mol. The number of nitrogens with one attached hydrogen (secondary N) is 1. The third-order valence-corrected chi connectivity index (χ3v) is 4.96. The van der Waals surface area contributed by atoms with E-state index in [1.807, 2.05) is 13.8 Å². The molecule has 0 aliphatic heterocycles. The van der Waals surface area contributed by atoms with E-state index >= 15 is 0 Å². The van der Waals surface area contributed by atoms with E-state index < -0.39 is 21.9 Å². The molecule has 1 rings (SSSR count). The molecule has 0 amide bonds.